The van der Waals surface area contributed by atoms with Crippen LogP contribution in [0, 0.1) is 0 Å². The van der Waals surface area contributed by atoms with Crippen LogP contribution in [0.25, 0.3) is 0 Å². The molecule has 0 saturated carbocycles. The number of sulfonamides is 1. The summed E-state index contributed by atoms with van der Waals surface area (Å²) in [6.45, 7) is 0. The number of hydrogen-bond donors (Lipinski definition) is 0. The quantitative estimate of drug-likeness (QED) is 0.341. The summed E-state index contributed by atoms with van der Waals surface area (Å²) in [7, 11) is -6.60. The van der Waals surface area contributed by atoms with Gasteiger partial charge in [0.1, 0.15) is 0 Å². The van der Waals surface area contributed by atoms with Crippen LogP contribution < -0.4 is 0 Å². The fourth-order valence-corrected chi connectivity index (χ4v) is 1.66. The number of ether oxygens (including phenoxy) is 1. The van der Waals surface area contributed by atoms with Gasteiger partial charge in [-0.05, 0) is 0 Å². The molecule has 120 valence electrons. The van der Waals surface area contributed by atoms with Crippen molar-refractivity contribution in [3.63, 3.8) is 0 Å². The number of halogens is 9. The molecule has 0 fully saturated rings. The maximum Gasteiger partial charge on any atom is 0.456 e. The maximum absolute atomic E-state index is 12.8. The lowest BCUT2D eigenvalue weighted by Crippen LogP contribution is -2.54. The van der Waals surface area contributed by atoms with Crippen molar-refractivity contribution in [3.05, 3.63) is 0 Å². The predicted molar refractivity (Wildman–Crippen MR) is 54.4 cm³/mol. The van der Waals surface area contributed by atoms with Gasteiger partial charge in [0.2, 0.25) is 11.5 Å². The Morgan fingerprint density at radius 3 is 1.65 bits per heavy atom. The molecule has 0 bridgehead atoms. The Hall–Kier alpha value is -0.100. The topological polar surface area (TPSA) is 72.8 Å². The van der Waals surface area contributed by atoms with Crippen LogP contribution in [-0.2, 0) is 26.2 Å². The van der Waals surface area contributed by atoms with E-state index in [1.807, 2.05) is 4.74 Å². The average Bonchev–Trinajstić information content (AvgIpc) is 2.12. The van der Waals surface area contributed by atoms with Crippen molar-refractivity contribution in [2.75, 3.05) is 0 Å². The van der Waals surface area contributed by atoms with Crippen LogP contribution in [0.2, 0.25) is 0 Å². The molecule has 0 aliphatic rings. The SMILES string of the molecule is O=S=NS(=O)(=O)C(F)(F)C(F)(F)OC(F)(F)C(F)(F)I. The molecule has 16 heteroatoms. The summed E-state index contributed by atoms with van der Waals surface area (Å²) < 4.78 is 129. The number of alkyl halides is 9. The maximum atomic E-state index is 12.8. The standard InChI is InChI=1S/C4F8INO4S2/c5-1(6,13)2(7,8)18-3(9,10)4(11,12)20(16,17)14-19-15. The Morgan fingerprint density at radius 1 is 0.950 bits per heavy atom. The molecule has 0 aliphatic carbocycles. The van der Waals surface area contributed by atoms with E-state index in [9.17, 15) is 47.8 Å². The molecule has 0 radical (unpaired) electrons. The second-order valence-corrected chi connectivity index (χ2v) is 6.34. The predicted octanol–water partition coefficient (Wildman–Crippen LogP) is 2.54. The highest BCUT2D eigenvalue weighted by Crippen LogP contribution is 2.49. The first-order chi connectivity index (χ1) is 8.52. The highest BCUT2D eigenvalue weighted by atomic mass is 127. The Kier molecular flexibility index (Phi) is 5.57. The Bertz CT molecular complexity index is 523. The molecule has 0 saturated heterocycles. The molecule has 0 aromatic heterocycles. The summed E-state index contributed by atoms with van der Waals surface area (Å²) in [5, 5.41) is -6.47. The first-order valence-electron chi connectivity index (χ1n) is 3.68. The van der Waals surface area contributed by atoms with Crippen LogP contribution in [0.1, 0.15) is 0 Å². The minimum Gasteiger partial charge on any atom is -0.244 e. The van der Waals surface area contributed by atoms with E-state index >= 15 is 0 Å². The van der Waals surface area contributed by atoms with Crippen LogP contribution in [0.5, 0.6) is 0 Å². The van der Waals surface area contributed by atoms with Crippen LogP contribution in [0.4, 0.5) is 35.1 Å². The van der Waals surface area contributed by atoms with Crippen molar-refractivity contribution in [3.8, 4) is 0 Å². The fraction of sp³-hybridized carbons (Fsp3) is 1.00. The van der Waals surface area contributed by atoms with Crippen LogP contribution in [0.15, 0.2) is 3.77 Å². The summed E-state index contributed by atoms with van der Waals surface area (Å²) in [6, 6.07) is 0. The van der Waals surface area contributed by atoms with Gasteiger partial charge in [-0.15, -0.1) is 0 Å². The van der Waals surface area contributed by atoms with Gasteiger partial charge >= 0.3 is 31.4 Å². The minimum absolute atomic E-state index is 0.388. The van der Waals surface area contributed by atoms with Crippen molar-refractivity contribution in [1.82, 2.24) is 0 Å². The molecule has 5 nitrogen and oxygen atoms in total. The molecule has 0 amide bonds. The van der Waals surface area contributed by atoms with Crippen molar-refractivity contribution in [2.24, 2.45) is 3.77 Å². The molecule has 0 atom stereocenters. The van der Waals surface area contributed by atoms with Crippen molar-refractivity contribution >= 4 is 44.1 Å². The van der Waals surface area contributed by atoms with Crippen molar-refractivity contribution in [2.45, 2.75) is 21.4 Å². The monoisotopic (exact) mass is 469 g/mol. The second-order valence-electron chi connectivity index (χ2n) is 2.77. The Balaban J connectivity index is 5.72. The number of hydrogen-bond acceptors (Lipinski definition) is 4. The molecule has 0 aliphatic heterocycles. The van der Waals surface area contributed by atoms with Gasteiger partial charge in [0.25, 0.3) is 0 Å². The van der Waals surface area contributed by atoms with E-state index in [1.165, 1.54) is 3.77 Å². The van der Waals surface area contributed by atoms with Gasteiger partial charge in [-0.25, -0.2) is 4.74 Å². The average molecular weight is 469 g/mol. The van der Waals surface area contributed by atoms with Gasteiger partial charge in [0.15, 0.2) is 0 Å². The van der Waals surface area contributed by atoms with Crippen LogP contribution in [-0.4, -0.2) is 34.0 Å². The van der Waals surface area contributed by atoms with E-state index in [1.54, 1.807) is 0 Å². The Labute approximate surface area is 122 Å². The van der Waals surface area contributed by atoms with Gasteiger partial charge in [0, 0.05) is 22.6 Å². The highest BCUT2D eigenvalue weighted by Gasteiger charge is 2.74. The molecule has 20 heavy (non-hydrogen) atoms. The zero-order valence-electron chi connectivity index (χ0n) is 8.30. The highest BCUT2D eigenvalue weighted by molar-refractivity contribution is 14.1. The van der Waals surface area contributed by atoms with Gasteiger partial charge in [0.05, 0.1) is 0 Å². The summed E-state index contributed by atoms with van der Waals surface area (Å²) in [5.74, 6) is 0. The molecule has 0 spiro atoms. The van der Waals surface area contributed by atoms with Crippen LogP contribution >= 0.6 is 22.6 Å². The largest absolute Gasteiger partial charge is 0.456 e. The van der Waals surface area contributed by atoms with Gasteiger partial charge in [-0.2, -0.15) is 47.8 Å². The lowest BCUT2D eigenvalue weighted by Gasteiger charge is -2.29. The van der Waals surface area contributed by atoms with E-state index in [-0.39, 0.29) is 22.6 Å². The molecular weight excluding hydrogens is 469 g/mol. The van der Waals surface area contributed by atoms with Crippen LogP contribution in [0.3, 0.4) is 0 Å². The lowest BCUT2D eigenvalue weighted by atomic mass is 10.6. The Morgan fingerprint density at radius 2 is 1.35 bits per heavy atom. The minimum atomic E-state index is -6.60. The molecule has 0 unspecified atom stereocenters. The first-order valence-corrected chi connectivity index (χ1v) is 6.90. The summed E-state index contributed by atoms with van der Waals surface area (Å²) in [4.78, 5) is 0. The van der Waals surface area contributed by atoms with E-state index in [0.29, 0.717) is 0 Å². The van der Waals surface area contributed by atoms with E-state index in [4.69, 9.17) is 0 Å². The molecule has 0 aromatic carbocycles. The smallest absolute Gasteiger partial charge is 0.244 e. The summed E-state index contributed by atoms with van der Waals surface area (Å²) in [5.41, 5.74) is 0. The molecule has 0 heterocycles. The second kappa shape index (κ2) is 5.59. The molecule has 0 rings (SSSR count). The molecular formula is C4F8INO4S2. The van der Waals surface area contributed by atoms with Crippen molar-refractivity contribution in [1.29, 1.82) is 0 Å². The van der Waals surface area contributed by atoms with Gasteiger partial charge in [-0.1, -0.05) is 3.77 Å². The molecule has 0 aromatic rings. The van der Waals surface area contributed by atoms with E-state index in [0.717, 1.165) is 0 Å². The van der Waals surface area contributed by atoms with Gasteiger partial charge < -0.3 is 0 Å². The summed E-state index contributed by atoms with van der Waals surface area (Å²) in [6.07, 6.45) is -12.7. The zero-order valence-corrected chi connectivity index (χ0v) is 12.1. The third kappa shape index (κ3) is 3.75. The zero-order chi connectivity index (χ0) is 16.6. The first kappa shape index (κ1) is 19.9. The normalized spacial score (nSPS) is 15.1. The number of rotatable bonds is 6. The van der Waals surface area contributed by atoms with Gasteiger partial charge in [-0.3, -0.25) is 0 Å². The fourth-order valence-electron chi connectivity index (χ4n) is 0.515. The number of nitrogens with zero attached hydrogens (tertiary/aromatic N) is 1. The van der Waals surface area contributed by atoms with Crippen molar-refractivity contribution < 1.29 is 52.5 Å². The summed E-state index contributed by atoms with van der Waals surface area (Å²) >= 11 is -1.83. The third-order valence-electron chi connectivity index (χ3n) is 1.38. The lowest BCUT2D eigenvalue weighted by molar-refractivity contribution is -0.438. The third-order valence-corrected chi connectivity index (χ3v) is 3.92. The van der Waals surface area contributed by atoms with E-state index in [2.05, 4.69) is 0 Å². The van der Waals surface area contributed by atoms with E-state index < -0.39 is 42.9 Å². The molecule has 0 N–H and O–H groups in total.